The molecular formula is C13H11FN2O3. The van der Waals surface area contributed by atoms with Gasteiger partial charge in [-0.1, -0.05) is 12.1 Å². The summed E-state index contributed by atoms with van der Waals surface area (Å²) < 4.78 is 13.5. The molecule has 0 aliphatic heterocycles. The van der Waals surface area contributed by atoms with Crippen LogP contribution in [0.2, 0.25) is 0 Å². The number of halogens is 1. The monoisotopic (exact) mass is 262 g/mol. The van der Waals surface area contributed by atoms with Gasteiger partial charge in [-0.15, -0.1) is 0 Å². The summed E-state index contributed by atoms with van der Waals surface area (Å²) in [5.41, 5.74) is 5.05. The van der Waals surface area contributed by atoms with Crippen LogP contribution >= 0.6 is 0 Å². The summed E-state index contributed by atoms with van der Waals surface area (Å²) in [6, 6.07) is 7.80. The van der Waals surface area contributed by atoms with Gasteiger partial charge in [0.15, 0.2) is 0 Å². The van der Waals surface area contributed by atoms with E-state index >= 15 is 0 Å². The van der Waals surface area contributed by atoms with Crippen molar-refractivity contribution in [2.75, 3.05) is 11.1 Å². The normalized spacial score (nSPS) is 10.2. The molecule has 0 fully saturated rings. The number of amides is 1. The Morgan fingerprint density at radius 1 is 1.11 bits per heavy atom. The molecule has 6 heteroatoms. The van der Waals surface area contributed by atoms with Gasteiger partial charge < -0.3 is 21.3 Å². The van der Waals surface area contributed by atoms with Crippen LogP contribution in [0.4, 0.5) is 15.8 Å². The lowest BCUT2D eigenvalue weighted by molar-refractivity contribution is 0.102. The molecule has 0 aliphatic rings. The summed E-state index contributed by atoms with van der Waals surface area (Å²) in [4.78, 5) is 11.9. The SMILES string of the molecule is Nc1cccc(F)c1NC(=O)c1c(O)cccc1O. The number of phenolic OH excluding ortho intramolecular Hbond substituents is 2. The summed E-state index contributed by atoms with van der Waals surface area (Å²) in [5.74, 6) is -2.38. The summed E-state index contributed by atoms with van der Waals surface area (Å²) >= 11 is 0. The summed E-state index contributed by atoms with van der Waals surface area (Å²) in [6.07, 6.45) is 0. The van der Waals surface area contributed by atoms with Gasteiger partial charge >= 0.3 is 0 Å². The molecule has 1 amide bonds. The Morgan fingerprint density at radius 2 is 1.68 bits per heavy atom. The number of aromatic hydroxyl groups is 2. The van der Waals surface area contributed by atoms with E-state index in [9.17, 15) is 19.4 Å². The highest BCUT2D eigenvalue weighted by Crippen LogP contribution is 2.29. The fourth-order valence-electron chi connectivity index (χ4n) is 1.61. The van der Waals surface area contributed by atoms with Gasteiger partial charge in [-0.05, 0) is 24.3 Å². The van der Waals surface area contributed by atoms with Crippen LogP contribution in [0.15, 0.2) is 36.4 Å². The van der Waals surface area contributed by atoms with Crippen molar-refractivity contribution >= 4 is 17.3 Å². The van der Waals surface area contributed by atoms with Crippen LogP contribution in [0.25, 0.3) is 0 Å². The van der Waals surface area contributed by atoms with E-state index in [-0.39, 0.29) is 16.9 Å². The highest BCUT2D eigenvalue weighted by Gasteiger charge is 2.18. The Hall–Kier alpha value is -2.76. The van der Waals surface area contributed by atoms with Crippen LogP contribution in [-0.4, -0.2) is 16.1 Å². The third-order valence-electron chi connectivity index (χ3n) is 2.53. The average Bonchev–Trinajstić information content (AvgIpc) is 2.34. The number of carbonyl (C=O) groups is 1. The van der Waals surface area contributed by atoms with Crippen LogP contribution < -0.4 is 11.1 Å². The molecule has 2 aromatic carbocycles. The third kappa shape index (κ3) is 2.42. The van der Waals surface area contributed by atoms with E-state index in [0.29, 0.717) is 0 Å². The molecule has 0 aromatic heterocycles. The number of hydrogen-bond donors (Lipinski definition) is 4. The van der Waals surface area contributed by atoms with Crippen LogP contribution in [0, 0.1) is 5.82 Å². The molecule has 0 spiro atoms. The maximum Gasteiger partial charge on any atom is 0.263 e. The van der Waals surface area contributed by atoms with Crippen LogP contribution in [0.1, 0.15) is 10.4 Å². The predicted octanol–water partition coefficient (Wildman–Crippen LogP) is 2.07. The summed E-state index contributed by atoms with van der Waals surface area (Å²) in [5, 5.41) is 21.3. The largest absolute Gasteiger partial charge is 0.507 e. The molecule has 98 valence electrons. The predicted molar refractivity (Wildman–Crippen MR) is 68.5 cm³/mol. The number of nitrogen functional groups attached to an aromatic ring is 1. The highest BCUT2D eigenvalue weighted by atomic mass is 19.1. The van der Waals surface area contributed by atoms with Crippen molar-refractivity contribution in [3.8, 4) is 11.5 Å². The lowest BCUT2D eigenvalue weighted by atomic mass is 10.1. The molecular weight excluding hydrogens is 251 g/mol. The lowest BCUT2D eigenvalue weighted by Crippen LogP contribution is -2.14. The molecule has 2 rings (SSSR count). The van der Waals surface area contributed by atoms with Crippen molar-refractivity contribution in [3.63, 3.8) is 0 Å². The lowest BCUT2D eigenvalue weighted by Gasteiger charge is -2.10. The Labute approximate surface area is 108 Å². The van der Waals surface area contributed by atoms with E-state index in [1.807, 2.05) is 0 Å². The highest BCUT2D eigenvalue weighted by molar-refractivity contribution is 6.09. The molecule has 0 saturated heterocycles. The van der Waals surface area contributed by atoms with Crippen molar-refractivity contribution in [2.45, 2.75) is 0 Å². The second-order valence-corrected chi connectivity index (χ2v) is 3.83. The molecule has 5 N–H and O–H groups in total. The number of para-hydroxylation sites is 1. The molecule has 0 aliphatic carbocycles. The Bertz CT molecular complexity index is 603. The van der Waals surface area contributed by atoms with Crippen molar-refractivity contribution in [2.24, 2.45) is 0 Å². The molecule has 5 nitrogen and oxygen atoms in total. The molecule has 19 heavy (non-hydrogen) atoms. The molecule has 0 bridgehead atoms. The van der Waals surface area contributed by atoms with Gasteiger partial charge in [0, 0.05) is 0 Å². The first-order chi connectivity index (χ1) is 9.00. The number of rotatable bonds is 2. The minimum atomic E-state index is -0.854. The van der Waals surface area contributed by atoms with Gasteiger partial charge in [-0.3, -0.25) is 4.79 Å². The van der Waals surface area contributed by atoms with Gasteiger partial charge in [0.1, 0.15) is 28.6 Å². The average molecular weight is 262 g/mol. The van der Waals surface area contributed by atoms with Gasteiger partial charge in [0.2, 0.25) is 0 Å². The first-order valence-electron chi connectivity index (χ1n) is 5.37. The van der Waals surface area contributed by atoms with E-state index < -0.39 is 23.2 Å². The van der Waals surface area contributed by atoms with Crippen molar-refractivity contribution in [1.29, 1.82) is 0 Å². The standard InChI is InChI=1S/C13H11FN2O3/c14-7-3-1-4-8(15)12(7)16-13(19)11-9(17)5-2-6-10(11)18/h1-6,17-18H,15H2,(H,16,19). The Kier molecular flexibility index (Phi) is 3.24. The quantitative estimate of drug-likeness (QED) is 0.623. The Morgan fingerprint density at radius 3 is 2.26 bits per heavy atom. The van der Waals surface area contributed by atoms with Crippen LogP contribution in [0.5, 0.6) is 11.5 Å². The zero-order chi connectivity index (χ0) is 14.0. The molecule has 0 radical (unpaired) electrons. The first-order valence-corrected chi connectivity index (χ1v) is 5.37. The van der Waals surface area contributed by atoms with Crippen molar-refractivity contribution in [1.82, 2.24) is 0 Å². The van der Waals surface area contributed by atoms with E-state index in [1.54, 1.807) is 0 Å². The fourth-order valence-corrected chi connectivity index (χ4v) is 1.61. The zero-order valence-corrected chi connectivity index (χ0v) is 9.72. The smallest absolute Gasteiger partial charge is 0.263 e. The fraction of sp³-hybridized carbons (Fsp3) is 0. The zero-order valence-electron chi connectivity index (χ0n) is 9.72. The first kappa shape index (κ1) is 12.7. The molecule has 0 unspecified atom stereocenters. The van der Waals surface area contributed by atoms with Gasteiger partial charge in [0.05, 0.1) is 5.69 Å². The topological polar surface area (TPSA) is 95.6 Å². The van der Waals surface area contributed by atoms with E-state index in [4.69, 9.17) is 5.73 Å². The summed E-state index contributed by atoms with van der Waals surface area (Å²) in [7, 11) is 0. The van der Waals surface area contributed by atoms with Crippen molar-refractivity contribution in [3.05, 3.63) is 47.8 Å². The number of anilines is 2. The number of benzene rings is 2. The number of nitrogens with one attached hydrogen (secondary N) is 1. The van der Waals surface area contributed by atoms with Gasteiger partial charge in [-0.2, -0.15) is 0 Å². The minimum Gasteiger partial charge on any atom is -0.507 e. The molecule has 0 atom stereocenters. The van der Waals surface area contributed by atoms with Gasteiger partial charge in [0.25, 0.3) is 5.91 Å². The van der Waals surface area contributed by atoms with E-state index in [2.05, 4.69) is 5.32 Å². The number of nitrogens with two attached hydrogens (primary N) is 1. The number of carbonyl (C=O) groups excluding carboxylic acids is 1. The number of hydrogen-bond acceptors (Lipinski definition) is 4. The summed E-state index contributed by atoms with van der Waals surface area (Å²) in [6.45, 7) is 0. The van der Waals surface area contributed by atoms with E-state index in [1.165, 1.54) is 30.3 Å². The maximum absolute atomic E-state index is 13.5. The third-order valence-corrected chi connectivity index (χ3v) is 2.53. The Balaban J connectivity index is 2.37. The number of phenols is 2. The maximum atomic E-state index is 13.5. The van der Waals surface area contributed by atoms with Crippen molar-refractivity contribution < 1.29 is 19.4 Å². The second kappa shape index (κ2) is 4.85. The van der Waals surface area contributed by atoms with Crippen LogP contribution in [0.3, 0.4) is 0 Å². The molecule has 0 saturated carbocycles. The molecule has 2 aromatic rings. The van der Waals surface area contributed by atoms with E-state index in [0.717, 1.165) is 6.07 Å². The van der Waals surface area contributed by atoms with Gasteiger partial charge in [-0.25, -0.2) is 4.39 Å². The van der Waals surface area contributed by atoms with Crippen LogP contribution in [-0.2, 0) is 0 Å². The second-order valence-electron chi connectivity index (χ2n) is 3.83. The minimum absolute atomic E-state index is 0.0447. The molecule has 0 heterocycles.